The maximum absolute atomic E-state index is 13.1. The largest absolute Gasteiger partial charge is 0.444 e. The van der Waals surface area contributed by atoms with Crippen molar-refractivity contribution in [2.45, 2.75) is 71.2 Å². The Bertz CT molecular complexity index is 617. The van der Waals surface area contributed by atoms with Crippen LogP contribution >= 0.6 is 0 Å². The molecule has 28 heavy (non-hydrogen) atoms. The molecular formula is C21H33FN2O4. The van der Waals surface area contributed by atoms with E-state index in [9.17, 15) is 19.1 Å². The molecule has 1 aromatic carbocycles. The number of carbonyl (C=O) groups is 2. The predicted molar refractivity (Wildman–Crippen MR) is 107 cm³/mol. The van der Waals surface area contributed by atoms with Crippen molar-refractivity contribution in [2.75, 3.05) is 6.67 Å². The molecule has 3 atom stereocenters. The molecule has 0 spiro atoms. The molecule has 158 valence electrons. The van der Waals surface area contributed by atoms with Gasteiger partial charge in [0.15, 0.2) is 0 Å². The quantitative estimate of drug-likeness (QED) is 0.599. The summed E-state index contributed by atoms with van der Waals surface area (Å²) in [7, 11) is 0. The number of carbonyl (C=O) groups excluding carboxylic acids is 2. The van der Waals surface area contributed by atoms with E-state index in [4.69, 9.17) is 4.74 Å². The van der Waals surface area contributed by atoms with E-state index >= 15 is 0 Å². The Hall–Kier alpha value is -2.15. The van der Waals surface area contributed by atoms with Gasteiger partial charge in [-0.05, 0) is 45.1 Å². The van der Waals surface area contributed by atoms with Crippen molar-refractivity contribution in [3.8, 4) is 0 Å². The number of amides is 2. The molecule has 3 N–H and O–H groups in total. The van der Waals surface area contributed by atoms with E-state index in [-0.39, 0.29) is 12.3 Å². The minimum Gasteiger partial charge on any atom is -0.444 e. The molecular weight excluding hydrogens is 363 g/mol. The van der Waals surface area contributed by atoms with Crippen LogP contribution < -0.4 is 10.6 Å². The van der Waals surface area contributed by atoms with E-state index in [0.717, 1.165) is 5.56 Å². The molecule has 0 aliphatic rings. The Balaban J connectivity index is 2.87. The fraction of sp³-hybridized carbons (Fsp3) is 0.619. The van der Waals surface area contributed by atoms with Gasteiger partial charge in [-0.25, -0.2) is 9.18 Å². The average Bonchev–Trinajstić information content (AvgIpc) is 2.58. The Morgan fingerprint density at radius 3 is 2.25 bits per heavy atom. The van der Waals surface area contributed by atoms with Crippen molar-refractivity contribution >= 4 is 12.0 Å². The van der Waals surface area contributed by atoms with Gasteiger partial charge in [-0.2, -0.15) is 0 Å². The van der Waals surface area contributed by atoms with Crippen LogP contribution in [0, 0.1) is 5.92 Å². The highest BCUT2D eigenvalue weighted by molar-refractivity contribution is 5.86. The first-order chi connectivity index (χ1) is 13.0. The monoisotopic (exact) mass is 396 g/mol. The fourth-order valence-electron chi connectivity index (χ4n) is 2.69. The molecule has 7 heteroatoms. The first-order valence-corrected chi connectivity index (χ1v) is 9.59. The summed E-state index contributed by atoms with van der Waals surface area (Å²) in [6, 6.07) is 7.55. The summed E-state index contributed by atoms with van der Waals surface area (Å²) in [6.07, 6.45) is -1.38. The van der Waals surface area contributed by atoms with Crippen molar-refractivity contribution in [1.29, 1.82) is 0 Å². The third-order valence-corrected chi connectivity index (χ3v) is 3.96. The summed E-state index contributed by atoms with van der Waals surface area (Å²) in [4.78, 5) is 24.9. The lowest BCUT2D eigenvalue weighted by Gasteiger charge is -2.27. The van der Waals surface area contributed by atoms with Crippen LogP contribution in [0.15, 0.2) is 30.3 Å². The topological polar surface area (TPSA) is 87.7 Å². The number of nitrogens with one attached hydrogen (secondary N) is 2. The van der Waals surface area contributed by atoms with Gasteiger partial charge in [0, 0.05) is 0 Å². The van der Waals surface area contributed by atoms with Crippen LogP contribution in [0.2, 0.25) is 0 Å². The van der Waals surface area contributed by atoms with Gasteiger partial charge >= 0.3 is 6.09 Å². The first-order valence-electron chi connectivity index (χ1n) is 9.59. The SMILES string of the molecule is CC(C)C[C@H](NC(=O)OC(C)(C)C)C(=O)NC(Cc1ccccc1)C(O)CF. The van der Waals surface area contributed by atoms with E-state index < -0.39 is 42.5 Å². The second-order valence-corrected chi connectivity index (χ2v) is 8.35. The van der Waals surface area contributed by atoms with Gasteiger partial charge in [0.2, 0.25) is 5.91 Å². The molecule has 0 aromatic heterocycles. The molecule has 0 bridgehead atoms. The number of halogens is 1. The van der Waals surface area contributed by atoms with Crippen LogP contribution in [0.3, 0.4) is 0 Å². The zero-order chi connectivity index (χ0) is 21.3. The smallest absolute Gasteiger partial charge is 0.408 e. The Morgan fingerprint density at radius 2 is 1.75 bits per heavy atom. The zero-order valence-corrected chi connectivity index (χ0v) is 17.4. The van der Waals surface area contributed by atoms with Gasteiger partial charge < -0.3 is 20.5 Å². The molecule has 0 heterocycles. The van der Waals surface area contributed by atoms with Crippen molar-refractivity contribution in [3.05, 3.63) is 35.9 Å². The fourth-order valence-corrected chi connectivity index (χ4v) is 2.69. The Morgan fingerprint density at radius 1 is 1.14 bits per heavy atom. The molecule has 2 amide bonds. The van der Waals surface area contributed by atoms with E-state index in [1.165, 1.54) is 0 Å². The van der Waals surface area contributed by atoms with Crippen molar-refractivity contribution < 1.29 is 23.8 Å². The highest BCUT2D eigenvalue weighted by Crippen LogP contribution is 2.12. The second kappa shape index (κ2) is 11.0. The van der Waals surface area contributed by atoms with Crippen molar-refractivity contribution in [1.82, 2.24) is 10.6 Å². The number of ether oxygens (including phenoxy) is 1. The minimum absolute atomic E-state index is 0.129. The predicted octanol–water partition coefficient (Wildman–Crippen LogP) is 2.98. The number of hydrogen-bond donors (Lipinski definition) is 3. The van der Waals surface area contributed by atoms with Gasteiger partial charge in [-0.3, -0.25) is 4.79 Å². The maximum atomic E-state index is 13.1. The molecule has 0 saturated carbocycles. The van der Waals surface area contributed by atoms with E-state index in [0.29, 0.717) is 6.42 Å². The summed E-state index contributed by atoms with van der Waals surface area (Å²) in [5.41, 5.74) is 0.171. The summed E-state index contributed by atoms with van der Waals surface area (Å²) < 4.78 is 18.3. The third-order valence-electron chi connectivity index (χ3n) is 3.96. The molecule has 6 nitrogen and oxygen atoms in total. The van der Waals surface area contributed by atoms with Crippen LogP contribution in [0.4, 0.5) is 9.18 Å². The lowest BCUT2D eigenvalue weighted by Crippen LogP contribution is -2.54. The van der Waals surface area contributed by atoms with Gasteiger partial charge in [0.25, 0.3) is 0 Å². The van der Waals surface area contributed by atoms with E-state index in [1.807, 2.05) is 44.2 Å². The van der Waals surface area contributed by atoms with Crippen molar-refractivity contribution in [2.24, 2.45) is 5.92 Å². The van der Waals surface area contributed by atoms with E-state index in [2.05, 4.69) is 10.6 Å². The minimum atomic E-state index is -1.34. The normalized spacial score (nSPS) is 14.9. The van der Waals surface area contributed by atoms with Crippen molar-refractivity contribution in [3.63, 3.8) is 0 Å². The summed E-state index contributed by atoms with van der Waals surface area (Å²) >= 11 is 0. The molecule has 0 aliphatic carbocycles. The highest BCUT2D eigenvalue weighted by Gasteiger charge is 2.29. The van der Waals surface area contributed by atoms with Crippen LogP contribution in [0.5, 0.6) is 0 Å². The number of aliphatic hydroxyl groups is 1. The Labute approximate surface area is 166 Å². The highest BCUT2D eigenvalue weighted by atomic mass is 19.1. The Kier molecular flexibility index (Phi) is 9.38. The number of alkyl carbamates (subject to hydrolysis) is 1. The number of benzene rings is 1. The summed E-state index contributed by atoms with van der Waals surface area (Å²) in [5, 5.41) is 15.3. The lowest BCUT2D eigenvalue weighted by molar-refractivity contribution is -0.125. The molecule has 0 aliphatic heterocycles. The van der Waals surface area contributed by atoms with Gasteiger partial charge in [-0.1, -0.05) is 44.2 Å². The number of rotatable bonds is 9. The summed E-state index contributed by atoms with van der Waals surface area (Å²) in [5.74, 6) is -0.350. The van der Waals surface area contributed by atoms with Gasteiger partial charge in [-0.15, -0.1) is 0 Å². The molecule has 0 fully saturated rings. The molecule has 1 rings (SSSR count). The zero-order valence-electron chi connectivity index (χ0n) is 17.4. The third kappa shape index (κ3) is 9.17. The average molecular weight is 397 g/mol. The molecule has 0 radical (unpaired) electrons. The van der Waals surface area contributed by atoms with Crippen LogP contribution in [-0.4, -0.2) is 47.6 Å². The van der Waals surface area contributed by atoms with Crippen LogP contribution in [-0.2, 0) is 16.0 Å². The number of alkyl halides is 1. The van der Waals surface area contributed by atoms with Crippen LogP contribution in [0.25, 0.3) is 0 Å². The molecule has 1 aromatic rings. The first kappa shape index (κ1) is 23.9. The molecule has 0 saturated heterocycles. The standard InChI is InChI=1S/C21H33FN2O4/c1-14(2)11-17(24-20(27)28-21(3,4)5)19(26)23-16(18(25)13-22)12-15-9-7-6-8-10-15/h6-10,14,16-18,25H,11-13H2,1-5H3,(H,23,26)(H,24,27)/t16?,17-,18?/m0/s1. The van der Waals surface area contributed by atoms with Gasteiger partial charge in [0.05, 0.1) is 6.04 Å². The number of hydrogen-bond acceptors (Lipinski definition) is 4. The van der Waals surface area contributed by atoms with Crippen LogP contribution in [0.1, 0.15) is 46.6 Å². The number of aliphatic hydroxyl groups excluding tert-OH is 1. The van der Waals surface area contributed by atoms with E-state index in [1.54, 1.807) is 20.8 Å². The van der Waals surface area contributed by atoms with Gasteiger partial charge in [0.1, 0.15) is 24.4 Å². The lowest BCUT2D eigenvalue weighted by atomic mass is 9.99. The molecule has 2 unspecified atom stereocenters. The maximum Gasteiger partial charge on any atom is 0.408 e. The second-order valence-electron chi connectivity index (χ2n) is 8.35. The summed E-state index contributed by atoms with van der Waals surface area (Å²) in [6.45, 7) is 8.07.